The van der Waals surface area contributed by atoms with Gasteiger partial charge in [-0.05, 0) is 60.2 Å². The first-order valence-electron chi connectivity index (χ1n) is 10.5. The molecule has 0 unspecified atom stereocenters. The third kappa shape index (κ3) is 3.89. The highest BCUT2D eigenvalue weighted by atomic mass is 16.5. The molecule has 0 bridgehead atoms. The first-order chi connectivity index (χ1) is 16.7. The van der Waals surface area contributed by atoms with Gasteiger partial charge < -0.3 is 13.9 Å². The Hall–Kier alpha value is -4.83. The standard InChI is InChI=1S/C27H19N3O4/c1-3-15-33-19-13-11-18(12-14-19)17-28-30-26(29-22-8-5-4-7-20(22)27(30)31)25-16-21-23(32-2)9-6-10-24(21)34-25/h1,4-14,16-17H,15H2,2H3. The van der Waals surface area contributed by atoms with E-state index in [0.717, 1.165) is 10.9 Å². The van der Waals surface area contributed by atoms with Crippen molar-refractivity contribution in [3.8, 4) is 35.4 Å². The van der Waals surface area contributed by atoms with E-state index in [1.54, 1.807) is 49.7 Å². The molecule has 0 saturated carbocycles. The number of nitrogens with zero attached hydrogens (tertiary/aromatic N) is 3. The molecule has 166 valence electrons. The number of furan rings is 1. The summed E-state index contributed by atoms with van der Waals surface area (Å²) in [6.07, 6.45) is 6.80. The lowest BCUT2D eigenvalue weighted by molar-refractivity contribution is 0.370. The highest BCUT2D eigenvalue weighted by molar-refractivity contribution is 5.88. The number of rotatable bonds is 6. The van der Waals surface area contributed by atoms with Crippen molar-refractivity contribution in [3.63, 3.8) is 0 Å². The normalized spacial score (nSPS) is 11.2. The summed E-state index contributed by atoms with van der Waals surface area (Å²) in [4.78, 5) is 18.1. The van der Waals surface area contributed by atoms with Crippen LogP contribution in [0.2, 0.25) is 0 Å². The van der Waals surface area contributed by atoms with Crippen molar-refractivity contribution < 1.29 is 13.9 Å². The van der Waals surface area contributed by atoms with Crippen LogP contribution in [0.4, 0.5) is 0 Å². The first-order valence-corrected chi connectivity index (χ1v) is 10.5. The molecule has 0 atom stereocenters. The minimum absolute atomic E-state index is 0.192. The maximum atomic E-state index is 13.4. The average molecular weight is 449 g/mol. The number of hydrogen-bond donors (Lipinski definition) is 0. The third-order valence-corrected chi connectivity index (χ3v) is 5.24. The van der Waals surface area contributed by atoms with Crippen molar-refractivity contribution >= 4 is 28.1 Å². The molecule has 0 spiro atoms. The maximum absolute atomic E-state index is 13.4. The van der Waals surface area contributed by atoms with Gasteiger partial charge in [-0.1, -0.05) is 24.1 Å². The molecule has 3 aromatic carbocycles. The molecule has 0 radical (unpaired) electrons. The molecule has 2 heterocycles. The fourth-order valence-corrected chi connectivity index (χ4v) is 3.61. The van der Waals surface area contributed by atoms with Crippen LogP contribution in [0.1, 0.15) is 5.56 Å². The van der Waals surface area contributed by atoms with Gasteiger partial charge in [0.15, 0.2) is 5.76 Å². The molecule has 0 N–H and O–H groups in total. The fraction of sp³-hybridized carbons (Fsp3) is 0.0741. The Kier molecular flexibility index (Phi) is 5.55. The fourth-order valence-electron chi connectivity index (χ4n) is 3.61. The monoisotopic (exact) mass is 449 g/mol. The summed E-state index contributed by atoms with van der Waals surface area (Å²) in [5.74, 6) is 4.43. The topological polar surface area (TPSA) is 78.8 Å². The van der Waals surface area contributed by atoms with Crippen LogP contribution >= 0.6 is 0 Å². The Balaban J connectivity index is 1.63. The highest BCUT2D eigenvalue weighted by Gasteiger charge is 2.17. The molecule has 0 fully saturated rings. The molecule has 5 rings (SSSR count). The molecular formula is C27H19N3O4. The number of ether oxygens (including phenoxy) is 2. The Morgan fingerprint density at radius 1 is 1.09 bits per heavy atom. The Morgan fingerprint density at radius 3 is 2.71 bits per heavy atom. The molecular weight excluding hydrogens is 430 g/mol. The van der Waals surface area contributed by atoms with Crippen LogP contribution in [0.5, 0.6) is 11.5 Å². The van der Waals surface area contributed by atoms with Crippen LogP contribution < -0.4 is 15.0 Å². The summed E-state index contributed by atoms with van der Waals surface area (Å²) >= 11 is 0. The van der Waals surface area contributed by atoms with Gasteiger partial charge in [0.25, 0.3) is 5.56 Å². The van der Waals surface area contributed by atoms with Crippen molar-refractivity contribution in [1.29, 1.82) is 0 Å². The Morgan fingerprint density at radius 2 is 1.91 bits per heavy atom. The number of terminal acetylenes is 1. The second-order valence-corrected chi connectivity index (χ2v) is 7.36. The van der Waals surface area contributed by atoms with Gasteiger partial charge in [-0.15, -0.1) is 6.42 Å². The van der Waals surface area contributed by atoms with Crippen LogP contribution in [-0.4, -0.2) is 29.6 Å². The van der Waals surface area contributed by atoms with Gasteiger partial charge >= 0.3 is 0 Å². The van der Waals surface area contributed by atoms with E-state index >= 15 is 0 Å². The quantitative estimate of drug-likeness (QED) is 0.277. The minimum Gasteiger partial charge on any atom is -0.496 e. The summed E-state index contributed by atoms with van der Waals surface area (Å²) in [7, 11) is 1.60. The lowest BCUT2D eigenvalue weighted by Gasteiger charge is -2.07. The van der Waals surface area contributed by atoms with Gasteiger partial charge in [0, 0.05) is 0 Å². The van der Waals surface area contributed by atoms with E-state index < -0.39 is 0 Å². The van der Waals surface area contributed by atoms with Crippen molar-refractivity contribution in [1.82, 2.24) is 9.66 Å². The summed E-state index contributed by atoms with van der Waals surface area (Å²) in [5.41, 5.74) is 1.63. The Labute approximate surface area is 194 Å². The van der Waals surface area contributed by atoms with E-state index in [9.17, 15) is 4.79 Å². The SMILES string of the molecule is C#CCOc1ccc(C=Nn2c(-c3cc4c(OC)cccc4o3)nc3ccccc3c2=O)cc1. The lowest BCUT2D eigenvalue weighted by Crippen LogP contribution is -2.20. The second kappa shape index (κ2) is 8.96. The smallest absolute Gasteiger partial charge is 0.282 e. The van der Waals surface area contributed by atoms with Gasteiger partial charge in [-0.25, -0.2) is 4.98 Å². The summed E-state index contributed by atoms with van der Waals surface area (Å²) < 4.78 is 18.1. The number of hydrogen-bond acceptors (Lipinski definition) is 6. The van der Waals surface area contributed by atoms with Crippen LogP contribution in [-0.2, 0) is 0 Å². The van der Waals surface area contributed by atoms with E-state index in [1.165, 1.54) is 4.68 Å². The number of benzene rings is 3. The second-order valence-electron chi connectivity index (χ2n) is 7.36. The van der Waals surface area contributed by atoms with Crippen molar-refractivity contribution in [2.24, 2.45) is 5.10 Å². The van der Waals surface area contributed by atoms with E-state index in [4.69, 9.17) is 25.3 Å². The highest BCUT2D eigenvalue weighted by Crippen LogP contribution is 2.32. The number of para-hydroxylation sites is 1. The lowest BCUT2D eigenvalue weighted by atomic mass is 10.2. The van der Waals surface area contributed by atoms with Gasteiger partial charge in [0.05, 0.1) is 29.6 Å². The summed E-state index contributed by atoms with van der Waals surface area (Å²) in [6.45, 7) is 0.192. The predicted molar refractivity (Wildman–Crippen MR) is 132 cm³/mol. The van der Waals surface area contributed by atoms with E-state index in [-0.39, 0.29) is 18.0 Å². The molecule has 0 aliphatic carbocycles. The van der Waals surface area contributed by atoms with Crippen LogP contribution in [0, 0.1) is 12.3 Å². The maximum Gasteiger partial charge on any atom is 0.282 e. The molecule has 5 aromatic rings. The summed E-state index contributed by atoms with van der Waals surface area (Å²) in [6, 6.07) is 21.7. The van der Waals surface area contributed by atoms with Gasteiger partial charge in [0.1, 0.15) is 23.7 Å². The zero-order valence-corrected chi connectivity index (χ0v) is 18.3. The molecule has 7 heteroatoms. The molecule has 0 amide bonds. The molecule has 2 aromatic heterocycles. The molecule has 0 aliphatic heterocycles. The number of methoxy groups -OCH3 is 1. The molecule has 34 heavy (non-hydrogen) atoms. The van der Waals surface area contributed by atoms with Crippen molar-refractivity contribution in [2.45, 2.75) is 0 Å². The van der Waals surface area contributed by atoms with Gasteiger partial charge in [-0.2, -0.15) is 9.78 Å². The first kappa shape index (κ1) is 21.0. The number of fused-ring (bicyclic) bond motifs is 2. The molecule has 0 aliphatic rings. The zero-order valence-electron chi connectivity index (χ0n) is 18.3. The van der Waals surface area contributed by atoms with Gasteiger partial charge in [-0.3, -0.25) is 4.79 Å². The molecule has 0 saturated heterocycles. The average Bonchev–Trinajstić information content (AvgIpc) is 3.32. The summed E-state index contributed by atoms with van der Waals surface area (Å²) in [5, 5.41) is 5.69. The third-order valence-electron chi connectivity index (χ3n) is 5.24. The minimum atomic E-state index is -0.307. The van der Waals surface area contributed by atoms with Crippen molar-refractivity contribution in [2.75, 3.05) is 13.7 Å². The Bertz CT molecular complexity index is 1620. The zero-order chi connectivity index (χ0) is 23.5. The molecule has 7 nitrogen and oxygen atoms in total. The van der Waals surface area contributed by atoms with Crippen LogP contribution in [0.3, 0.4) is 0 Å². The largest absolute Gasteiger partial charge is 0.496 e. The van der Waals surface area contributed by atoms with E-state index in [0.29, 0.717) is 33.7 Å². The van der Waals surface area contributed by atoms with E-state index in [2.05, 4.69) is 11.0 Å². The van der Waals surface area contributed by atoms with Crippen molar-refractivity contribution in [3.05, 3.63) is 88.7 Å². The van der Waals surface area contributed by atoms with Crippen LogP contribution in [0.25, 0.3) is 33.5 Å². The van der Waals surface area contributed by atoms with Gasteiger partial charge in [0.2, 0.25) is 5.82 Å². The van der Waals surface area contributed by atoms with Crippen LogP contribution in [0.15, 0.2) is 87.1 Å². The van der Waals surface area contributed by atoms with E-state index in [1.807, 2.05) is 36.4 Å². The number of aromatic nitrogens is 2. The predicted octanol–water partition coefficient (Wildman–Crippen LogP) is 4.71.